The van der Waals surface area contributed by atoms with Crippen LogP contribution in [0.25, 0.3) is 0 Å². The highest BCUT2D eigenvalue weighted by Gasteiger charge is 2.12. The van der Waals surface area contributed by atoms with E-state index in [-0.39, 0.29) is 10.6 Å². The molecule has 2 heteroatoms. The number of aryl methyl sites for hydroxylation is 1. The minimum atomic E-state index is -0.0985. The molecule has 1 aromatic carbocycles. The summed E-state index contributed by atoms with van der Waals surface area (Å²) in [5, 5.41) is 0. The topological polar surface area (TPSA) is 17.1 Å². The van der Waals surface area contributed by atoms with Crippen molar-refractivity contribution in [1.29, 1.82) is 0 Å². The summed E-state index contributed by atoms with van der Waals surface area (Å²) in [5.41, 5.74) is 1.84. The lowest BCUT2D eigenvalue weighted by Crippen LogP contribution is -2.11. The molecule has 0 radical (unpaired) electrons. The first-order valence-electron chi connectivity index (χ1n) is 3.87. The molecular formula is C10H11BrO. The number of carbonyl (C=O) groups is 1. The summed E-state index contributed by atoms with van der Waals surface area (Å²) in [4.78, 5) is 11.4. The van der Waals surface area contributed by atoms with Gasteiger partial charge in [-0.05, 0) is 19.4 Å². The quantitative estimate of drug-likeness (QED) is 0.560. The molecule has 1 aromatic rings. The van der Waals surface area contributed by atoms with E-state index in [0.717, 1.165) is 11.1 Å². The van der Waals surface area contributed by atoms with Crippen LogP contribution in [0.4, 0.5) is 0 Å². The highest BCUT2D eigenvalue weighted by atomic mass is 79.9. The highest BCUT2D eigenvalue weighted by molar-refractivity contribution is 9.10. The lowest BCUT2D eigenvalue weighted by atomic mass is 10.0. The number of ketones is 1. The van der Waals surface area contributed by atoms with E-state index < -0.39 is 0 Å². The summed E-state index contributed by atoms with van der Waals surface area (Å²) >= 11 is 3.26. The Kier molecular flexibility index (Phi) is 3.04. The maximum Gasteiger partial charge on any atom is 0.176 e. The highest BCUT2D eigenvalue weighted by Crippen LogP contribution is 2.13. The van der Waals surface area contributed by atoms with Gasteiger partial charge in [-0.15, -0.1) is 0 Å². The van der Waals surface area contributed by atoms with Crippen LogP contribution in [0.2, 0.25) is 0 Å². The molecule has 0 aliphatic carbocycles. The molecule has 64 valence electrons. The van der Waals surface area contributed by atoms with Crippen LogP contribution in [-0.2, 0) is 0 Å². The van der Waals surface area contributed by atoms with Gasteiger partial charge in [0.15, 0.2) is 5.78 Å². The minimum absolute atomic E-state index is 0.0985. The first-order valence-corrected chi connectivity index (χ1v) is 4.78. The van der Waals surface area contributed by atoms with Gasteiger partial charge in [-0.25, -0.2) is 0 Å². The van der Waals surface area contributed by atoms with Gasteiger partial charge in [0.1, 0.15) is 0 Å². The van der Waals surface area contributed by atoms with Crippen LogP contribution in [0.1, 0.15) is 22.8 Å². The summed E-state index contributed by atoms with van der Waals surface area (Å²) in [7, 11) is 0. The number of rotatable bonds is 2. The summed E-state index contributed by atoms with van der Waals surface area (Å²) in [5.74, 6) is 0.146. The first-order chi connectivity index (χ1) is 5.63. The summed E-state index contributed by atoms with van der Waals surface area (Å²) in [6, 6.07) is 7.62. The standard InChI is InChI=1S/C10H11BrO/c1-7-5-3-4-6-9(7)10(12)8(2)11/h3-6,8H,1-2H3. The molecule has 0 aromatic heterocycles. The van der Waals surface area contributed by atoms with Gasteiger partial charge in [0, 0.05) is 5.56 Å². The van der Waals surface area contributed by atoms with Crippen molar-refractivity contribution in [1.82, 2.24) is 0 Å². The average Bonchev–Trinajstić information content (AvgIpc) is 2.04. The van der Waals surface area contributed by atoms with Gasteiger partial charge in [0.25, 0.3) is 0 Å². The Labute approximate surface area is 80.9 Å². The fraction of sp³-hybridized carbons (Fsp3) is 0.300. The fourth-order valence-electron chi connectivity index (χ4n) is 1.06. The second kappa shape index (κ2) is 3.85. The molecule has 0 aliphatic heterocycles. The van der Waals surface area contributed by atoms with Crippen LogP contribution in [0.15, 0.2) is 24.3 Å². The lowest BCUT2D eigenvalue weighted by molar-refractivity contribution is 0.0995. The number of alkyl halides is 1. The molecule has 0 bridgehead atoms. The van der Waals surface area contributed by atoms with Crippen LogP contribution in [0, 0.1) is 6.92 Å². The van der Waals surface area contributed by atoms with E-state index in [9.17, 15) is 4.79 Å². The largest absolute Gasteiger partial charge is 0.293 e. The Morgan fingerprint density at radius 2 is 2.00 bits per heavy atom. The van der Waals surface area contributed by atoms with Crippen molar-refractivity contribution < 1.29 is 4.79 Å². The molecule has 0 aliphatic rings. The van der Waals surface area contributed by atoms with Crippen LogP contribution < -0.4 is 0 Å². The van der Waals surface area contributed by atoms with Gasteiger partial charge < -0.3 is 0 Å². The minimum Gasteiger partial charge on any atom is -0.293 e. The molecule has 0 amide bonds. The van der Waals surface area contributed by atoms with Gasteiger partial charge in [-0.1, -0.05) is 40.2 Å². The number of halogens is 1. The maximum atomic E-state index is 11.5. The third-order valence-corrected chi connectivity index (χ3v) is 2.19. The second-order valence-corrected chi connectivity index (χ2v) is 4.17. The zero-order valence-corrected chi connectivity index (χ0v) is 8.76. The predicted molar refractivity (Wildman–Crippen MR) is 53.9 cm³/mol. The number of carbonyl (C=O) groups excluding carboxylic acids is 1. The van der Waals surface area contributed by atoms with E-state index in [1.807, 2.05) is 38.1 Å². The maximum absolute atomic E-state index is 11.5. The second-order valence-electron chi connectivity index (χ2n) is 2.80. The molecule has 12 heavy (non-hydrogen) atoms. The van der Waals surface area contributed by atoms with Gasteiger partial charge in [0.05, 0.1) is 4.83 Å². The van der Waals surface area contributed by atoms with E-state index in [4.69, 9.17) is 0 Å². The van der Waals surface area contributed by atoms with Crippen LogP contribution in [0.5, 0.6) is 0 Å². The van der Waals surface area contributed by atoms with Crippen molar-refractivity contribution in [3.8, 4) is 0 Å². The van der Waals surface area contributed by atoms with Gasteiger partial charge in [-0.3, -0.25) is 4.79 Å². The lowest BCUT2D eigenvalue weighted by Gasteiger charge is -2.05. The molecule has 1 rings (SSSR count). The summed E-state index contributed by atoms with van der Waals surface area (Å²) < 4.78 is 0. The molecule has 1 unspecified atom stereocenters. The summed E-state index contributed by atoms with van der Waals surface area (Å²) in [6.45, 7) is 3.79. The molecule has 0 saturated carbocycles. The van der Waals surface area contributed by atoms with E-state index in [1.54, 1.807) is 0 Å². The van der Waals surface area contributed by atoms with Gasteiger partial charge >= 0.3 is 0 Å². The zero-order valence-electron chi connectivity index (χ0n) is 7.17. The molecule has 0 N–H and O–H groups in total. The van der Waals surface area contributed by atoms with Gasteiger partial charge in [0.2, 0.25) is 0 Å². The predicted octanol–water partition coefficient (Wildman–Crippen LogP) is 2.96. The monoisotopic (exact) mass is 226 g/mol. The third-order valence-electron chi connectivity index (χ3n) is 1.77. The Morgan fingerprint density at radius 3 is 2.50 bits per heavy atom. The smallest absolute Gasteiger partial charge is 0.176 e. The van der Waals surface area contributed by atoms with E-state index >= 15 is 0 Å². The van der Waals surface area contributed by atoms with Crippen LogP contribution in [0.3, 0.4) is 0 Å². The molecular weight excluding hydrogens is 216 g/mol. The number of hydrogen-bond acceptors (Lipinski definition) is 1. The average molecular weight is 227 g/mol. The van der Waals surface area contributed by atoms with Crippen molar-refractivity contribution in [2.24, 2.45) is 0 Å². The number of benzene rings is 1. The van der Waals surface area contributed by atoms with Crippen molar-refractivity contribution in [2.75, 3.05) is 0 Å². The Bertz CT molecular complexity index is 292. The third kappa shape index (κ3) is 1.95. The Hall–Kier alpha value is -0.630. The molecule has 0 fully saturated rings. The Balaban J connectivity index is 3.03. The van der Waals surface area contributed by atoms with Crippen molar-refractivity contribution in [3.63, 3.8) is 0 Å². The van der Waals surface area contributed by atoms with E-state index in [0.29, 0.717) is 0 Å². The van der Waals surface area contributed by atoms with E-state index in [1.165, 1.54) is 0 Å². The molecule has 0 saturated heterocycles. The van der Waals surface area contributed by atoms with Crippen molar-refractivity contribution >= 4 is 21.7 Å². The normalized spacial score (nSPS) is 12.6. The van der Waals surface area contributed by atoms with Crippen molar-refractivity contribution in [2.45, 2.75) is 18.7 Å². The SMILES string of the molecule is Cc1ccccc1C(=O)C(C)Br. The zero-order chi connectivity index (χ0) is 9.14. The number of Topliss-reactive ketones (excluding diaryl/α,β-unsaturated/α-hetero) is 1. The molecule has 1 nitrogen and oxygen atoms in total. The molecule has 1 atom stereocenters. The van der Waals surface area contributed by atoms with Crippen LogP contribution in [-0.4, -0.2) is 10.6 Å². The fourth-order valence-corrected chi connectivity index (χ4v) is 1.31. The number of hydrogen-bond donors (Lipinski definition) is 0. The molecule has 0 spiro atoms. The van der Waals surface area contributed by atoms with Gasteiger partial charge in [-0.2, -0.15) is 0 Å². The van der Waals surface area contributed by atoms with Crippen LogP contribution >= 0.6 is 15.9 Å². The van der Waals surface area contributed by atoms with Crippen molar-refractivity contribution in [3.05, 3.63) is 35.4 Å². The van der Waals surface area contributed by atoms with E-state index in [2.05, 4.69) is 15.9 Å². The Morgan fingerprint density at radius 1 is 1.42 bits per heavy atom. The first kappa shape index (κ1) is 9.46. The molecule has 0 heterocycles. The summed E-state index contributed by atoms with van der Waals surface area (Å²) in [6.07, 6.45) is 0.